The van der Waals surface area contributed by atoms with Crippen LogP contribution in [0.15, 0.2) is 24.3 Å². The van der Waals surface area contributed by atoms with E-state index < -0.39 is 0 Å². The molecular weight excluding hydrogens is 184 g/mol. The average Bonchev–Trinajstić information content (AvgIpc) is 2.17. The van der Waals surface area contributed by atoms with Gasteiger partial charge in [0.2, 0.25) is 0 Å². The van der Waals surface area contributed by atoms with Gasteiger partial charge in [-0.1, -0.05) is 52.0 Å². The molecule has 84 valence electrons. The molecule has 0 saturated heterocycles. The monoisotopic (exact) mass is 206 g/mol. The molecular formula is C14H22O. The van der Waals surface area contributed by atoms with Gasteiger partial charge in [-0.15, -0.1) is 0 Å². The van der Waals surface area contributed by atoms with Crippen LogP contribution >= 0.6 is 0 Å². The first-order valence-corrected chi connectivity index (χ1v) is 5.63. The molecule has 0 aromatic heterocycles. The highest BCUT2D eigenvalue weighted by Crippen LogP contribution is 2.23. The van der Waals surface area contributed by atoms with Crippen LogP contribution in [0.2, 0.25) is 0 Å². The van der Waals surface area contributed by atoms with Gasteiger partial charge in [0.1, 0.15) is 0 Å². The van der Waals surface area contributed by atoms with Crippen molar-refractivity contribution >= 4 is 0 Å². The van der Waals surface area contributed by atoms with Crippen molar-refractivity contribution in [2.45, 2.75) is 39.5 Å². The highest BCUT2D eigenvalue weighted by molar-refractivity contribution is 5.28. The summed E-state index contributed by atoms with van der Waals surface area (Å²) in [5.74, 6) is 0.347. The predicted octanol–water partition coefficient (Wildman–Crippen LogP) is 3.16. The van der Waals surface area contributed by atoms with E-state index >= 15 is 0 Å². The van der Waals surface area contributed by atoms with Crippen molar-refractivity contribution in [3.63, 3.8) is 0 Å². The summed E-state index contributed by atoms with van der Waals surface area (Å²) in [5.41, 5.74) is 2.90. The molecule has 1 atom stereocenters. The van der Waals surface area contributed by atoms with Crippen molar-refractivity contribution in [2.24, 2.45) is 5.92 Å². The minimum atomic E-state index is 0.207. The third-order valence-electron chi connectivity index (χ3n) is 2.69. The van der Waals surface area contributed by atoms with E-state index in [0.717, 1.165) is 6.42 Å². The van der Waals surface area contributed by atoms with Gasteiger partial charge in [-0.3, -0.25) is 0 Å². The molecule has 1 aromatic carbocycles. The molecule has 1 heteroatoms. The van der Waals surface area contributed by atoms with E-state index in [9.17, 15) is 0 Å². The van der Waals surface area contributed by atoms with Gasteiger partial charge in [0, 0.05) is 6.61 Å². The van der Waals surface area contributed by atoms with Crippen LogP contribution in [-0.2, 0) is 11.8 Å². The molecule has 0 amide bonds. The molecule has 1 rings (SSSR count). The average molecular weight is 206 g/mol. The highest BCUT2D eigenvalue weighted by Gasteiger charge is 2.13. The molecule has 0 aliphatic carbocycles. The fourth-order valence-electron chi connectivity index (χ4n) is 1.63. The Hall–Kier alpha value is -0.820. The number of rotatable bonds is 3. The van der Waals surface area contributed by atoms with E-state index in [1.165, 1.54) is 11.1 Å². The predicted molar refractivity (Wildman–Crippen MR) is 65.1 cm³/mol. The number of hydrogen-bond donors (Lipinski definition) is 1. The molecule has 0 saturated carbocycles. The van der Waals surface area contributed by atoms with Crippen LogP contribution in [0.25, 0.3) is 0 Å². The SMILES string of the molecule is CC(CO)Cc1cccc(C(C)(C)C)c1. The Morgan fingerprint density at radius 2 is 1.93 bits per heavy atom. The zero-order valence-corrected chi connectivity index (χ0v) is 10.2. The maximum Gasteiger partial charge on any atom is 0.0459 e. The zero-order valence-electron chi connectivity index (χ0n) is 10.2. The summed E-state index contributed by atoms with van der Waals surface area (Å²) in [7, 11) is 0. The van der Waals surface area contributed by atoms with Gasteiger partial charge < -0.3 is 5.11 Å². The minimum Gasteiger partial charge on any atom is -0.396 e. The van der Waals surface area contributed by atoms with Gasteiger partial charge in [0.15, 0.2) is 0 Å². The van der Waals surface area contributed by atoms with E-state index in [-0.39, 0.29) is 12.0 Å². The largest absolute Gasteiger partial charge is 0.396 e. The Morgan fingerprint density at radius 1 is 1.27 bits per heavy atom. The topological polar surface area (TPSA) is 20.2 Å². The summed E-state index contributed by atoms with van der Waals surface area (Å²) in [5, 5.41) is 9.03. The fraction of sp³-hybridized carbons (Fsp3) is 0.571. The second kappa shape index (κ2) is 4.80. The van der Waals surface area contributed by atoms with Gasteiger partial charge >= 0.3 is 0 Å². The van der Waals surface area contributed by atoms with Crippen molar-refractivity contribution in [1.29, 1.82) is 0 Å². The van der Waals surface area contributed by atoms with Crippen LogP contribution in [0, 0.1) is 5.92 Å². The van der Waals surface area contributed by atoms with E-state index in [1.54, 1.807) is 0 Å². The number of aliphatic hydroxyl groups excluding tert-OH is 1. The van der Waals surface area contributed by atoms with Gasteiger partial charge in [0.25, 0.3) is 0 Å². The second-order valence-electron chi connectivity index (χ2n) is 5.44. The van der Waals surface area contributed by atoms with Gasteiger partial charge in [-0.05, 0) is 28.9 Å². The van der Waals surface area contributed by atoms with Crippen molar-refractivity contribution in [1.82, 2.24) is 0 Å². The smallest absolute Gasteiger partial charge is 0.0459 e. The first-order valence-electron chi connectivity index (χ1n) is 5.63. The Kier molecular flexibility index (Phi) is 3.92. The Bertz CT molecular complexity index is 309. The maximum absolute atomic E-state index is 9.03. The molecule has 0 fully saturated rings. The Labute approximate surface area is 93.1 Å². The van der Waals surface area contributed by atoms with Gasteiger partial charge in [0.05, 0.1) is 0 Å². The summed E-state index contributed by atoms with van der Waals surface area (Å²) in [6, 6.07) is 8.68. The van der Waals surface area contributed by atoms with Crippen molar-refractivity contribution in [3.05, 3.63) is 35.4 Å². The molecule has 0 heterocycles. The molecule has 15 heavy (non-hydrogen) atoms. The van der Waals surface area contributed by atoms with Crippen LogP contribution in [-0.4, -0.2) is 11.7 Å². The van der Waals surface area contributed by atoms with Gasteiger partial charge in [-0.2, -0.15) is 0 Å². The van der Waals surface area contributed by atoms with Crippen LogP contribution < -0.4 is 0 Å². The first-order chi connectivity index (χ1) is 6.93. The maximum atomic E-state index is 9.03. The van der Waals surface area contributed by atoms with Crippen molar-refractivity contribution in [3.8, 4) is 0 Å². The molecule has 1 aromatic rings. The molecule has 0 radical (unpaired) electrons. The van der Waals surface area contributed by atoms with Crippen LogP contribution in [0.4, 0.5) is 0 Å². The Morgan fingerprint density at radius 3 is 2.47 bits per heavy atom. The van der Waals surface area contributed by atoms with Crippen molar-refractivity contribution < 1.29 is 5.11 Å². The molecule has 1 nitrogen and oxygen atoms in total. The van der Waals surface area contributed by atoms with E-state index in [0.29, 0.717) is 5.92 Å². The lowest BCUT2D eigenvalue weighted by Crippen LogP contribution is -2.12. The standard InChI is InChI=1S/C14H22O/c1-11(10-15)8-12-6-5-7-13(9-12)14(2,3)4/h5-7,9,11,15H,8,10H2,1-4H3. The lowest BCUT2D eigenvalue weighted by molar-refractivity contribution is 0.237. The summed E-state index contributed by atoms with van der Waals surface area (Å²) < 4.78 is 0. The highest BCUT2D eigenvalue weighted by atomic mass is 16.3. The molecule has 0 bridgehead atoms. The molecule has 0 aliphatic rings. The second-order valence-corrected chi connectivity index (χ2v) is 5.44. The lowest BCUT2D eigenvalue weighted by atomic mass is 9.85. The van der Waals surface area contributed by atoms with Crippen LogP contribution in [0.3, 0.4) is 0 Å². The van der Waals surface area contributed by atoms with E-state index in [2.05, 4.69) is 52.0 Å². The summed E-state index contributed by atoms with van der Waals surface area (Å²) >= 11 is 0. The van der Waals surface area contributed by atoms with E-state index in [1.807, 2.05) is 0 Å². The third-order valence-corrected chi connectivity index (χ3v) is 2.69. The number of aliphatic hydroxyl groups is 1. The third kappa shape index (κ3) is 3.67. The van der Waals surface area contributed by atoms with Crippen LogP contribution in [0.1, 0.15) is 38.8 Å². The van der Waals surface area contributed by atoms with Crippen LogP contribution in [0.5, 0.6) is 0 Å². The summed E-state index contributed by atoms with van der Waals surface area (Å²) in [4.78, 5) is 0. The lowest BCUT2D eigenvalue weighted by Gasteiger charge is -2.20. The van der Waals surface area contributed by atoms with Crippen molar-refractivity contribution in [2.75, 3.05) is 6.61 Å². The zero-order chi connectivity index (χ0) is 11.5. The number of benzene rings is 1. The van der Waals surface area contributed by atoms with E-state index in [4.69, 9.17) is 5.11 Å². The minimum absolute atomic E-state index is 0.207. The Balaban J connectivity index is 2.84. The summed E-state index contributed by atoms with van der Waals surface area (Å²) in [6.07, 6.45) is 0.959. The normalized spacial score (nSPS) is 13.9. The van der Waals surface area contributed by atoms with Gasteiger partial charge in [-0.25, -0.2) is 0 Å². The first kappa shape index (κ1) is 12.3. The molecule has 1 N–H and O–H groups in total. The fourth-order valence-corrected chi connectivity index (χ4v) is 1.63. The number of hydrogen-bond acceptors (Lipinski definition) is 1. The quantitative estimate of drug-likeness (QED) is 0.805. The summed E-state index contributed by atoms with van der Waals surface area (Å²) in [6.45, 7) is 9.01. The molecule has 1 unspecified atom stereocenters. The molecule has 0 spiro atoms. The molecule has 0 aliphatic heterocycles.